The minimum atomic E-state index is -0.634. The van der Waals surface area contributed by atoms with Crippen molar-refractivity contribution in [3.63, 3.8) is 0 Å². The van der Waals surface area contributed by atoms with E-state index in [-0.39, 0.29) is 12.2 Å². The molecule has 2 aromatic rings. The van der Waals surface area contributed by atoms with Crippen molar-refractivity contribution in [1.82, 2.24) is 10.2 Å². The first-order valence-corrected chi connectivity index (χ1v) is 9.80. The number of anilines is 1. The lowest BCUT2D eigenvalue weighted by molar-refractivity contribution is -0.127. The van der Waals surface area contributed by atoms with Crippen molar-refractivity contribution in [2.75, 3.05) is 18.5 Å². The van der Waals surface area contributed by atoms with Crippen LogP contribution in [0.25, 0.3) is 6.08 Å². The second-order valence-corrected chi connectivity index (χ2v) is 7.27. The van der Waals surface area contributed by atoms with Crippen molar-refractivity contribution in [1.29, 1.82) is 0 Å². The van der Waals surface area contributed by atoms with E-state index in [0.717, 1.165) is 14.9 Å². The van der Waals surface area contributed by atoms with E-state index in [1.807, 2.05) is 26.0 Å². The summed E-state index contributed by atoms with van der Waals surface area (Å²) in [5.41, 5.74) is 2.41. The lowest BCUT2D eigenvalue weighted by Crippen LogP contribution is -2.38. The molecule has 0 atom stereocenters. The largest absolute Gasteiger partial charge is 0.493 e. The van der Waals surface area contributed by atoms with Gasteiger partial charge in [-0.25, -0.2) is 9.69 Å². The van der Waals surface area contributed by atoms with Crippen molar-refractivity contribution in [3.8, 4) is 5.75 Å². The van der Waals surface area contributed by atoms with Crippen LogP contribution in [0.3, 0.4) is 0 Å². The molecule has 150 valence electrons. The predicted octanol–water partition coefficient (Wildman–Crippen LogP) is 3.69. The van der Waals surface area contributed by atoms with E-state index in [1.165, 1.54) is 0 Å². The second kappa shape index (κ2) is 8.91. The lowest BCUT2D eigenvalue weighted by Gasteiger charge is -2.12. The molecule has 7 nitrogen and oxygen atoms in total. The molecule has 8 heteroatoms. The van der Waals surface area contributed by atoms with Crippen LogP contribution >= 0.6 is 15.9 Å². The van der Waals surface area contributed by atoms with E-state index >= 15 is 0 Å². The molecule has 0 saturated carbocycles. The first-order chi connectivity index (χ1) is 13.9. The highest BCUT2D eigenvalue weighted by molar-refractivity contribution is 9.10. The maximum absolute atomic E-state index is 12.6. The Balaban J connectivity index is 1.69. The molecule has 0 radical (unpaired) electrons. The van der Waals surface area contributed by atoms with Gasteiger partial charge in [-0.05, 0) is 71.2 Å². The Morgan fingerprint density at radius 3 is 2.72 bits per heavy atom. The fraction of sp³-hybridized carbons (Fsp3) is 0.190. The van der Waals surface area contributed by atoms with E-state index in [1.54, 1.807) is 36.4 Å². The molecular weight excluding hydrogens is 438 g/mol. The molecule has 1 aliphatic heterocycles. The molecule has 1 saturated heterocycles. The number of urea groups is 1. The van der Waals surface area contributed by atoms with Crippen LogP contribution < -0.4 is 15.4 Å². The average molecular weight is 458 g/mol. The number of imide groups is 1. The number of halogens is 1. The van der Waals surface area contributed by atoms with Crippen LogP contribution in [0.5, 0.6) is 5.75 Å². The number of hydrogen-bond donors (Lipinski definition) is 2. The van der Waals surface area contributed by atoms with Gasteiger partial charge in [-0.15, -0.1) is 0 Å². The quantitative estimate of drug-likeness (QED) is 0.511. The van der Waals surface area contributed by atoms with Gasteiger partial charge in [0.2, 0.25) is 5.91 Å². The Kier molecular flexibility index (Phi) is 6.33. The molecular formula is C21H20BrN3O4. The summed E-state index contributed by atoms with van der Waals surface area (Å²) in [6.07, 6.45) is 1.55. The summed E-state index contributed by atoms with van der Waals surface area (Å²) in [5, 5.41) is 5.20. The molecule has 1 fully saturated rings. The van der Waals surface area contributed by atoms with Crippen molar-refractivity contribution in [3.05, 3.63) is 63.8 Å². The van der Waals surface area contributed by atoms with E-state index in [0.29, 0.717) is 23.6 Å². The number of ether oxygens (including phenoxy) is 1. The highest BCUT2D eigenvalue weighted by Crippen LogP contribution is 2.27. The Morgan fingerprint density at radius 1 is 1.24 bits per heavy atom. The van der Waals surface area contributed by atoms with Gasteiger partial charge in [0.15, 0.2) is 0 Å². The highest BCUT2D eigenvalue weighted by atomic mass is 79.9. The average Bonchev–Trinajstić information content (AvgIpc) is 2.91. The lowest BCUT2D eigenvalue weighted by atomic mass is 10.2. The van der Waals surface area contributed by atoms with Crippen LogP contribution in [0.15, 0.2) is 52.6 Å². The van der Waals surface area contributed by atoms with E-state index in [4.69, 9.17) is 4.74 Å². The minimum absolute atomic E-state index is 0.106. The maximum atomic E-state index is 12.6. The zero-order valence-electron chi connectivity index (χ0n) is 16.0. The number of nitrogens with one attached hydrogen (secondary N) is 2. The molecule has 0 bridgehead atoms. The topological polar surface area (TPSA) is 87.7 Å². The summed E-state index contributed by atoms with van der Waals surface area (Å²) in [4.78, 5) is 37.9. The predicted molar refractivity (Wildman–Crippen MR) is 113 cm³/mol. The second-order valence-electron chi connectivity index (χ2n) is 6.42. The molecule has 1 heterocycles. The van der Waals surface area contributed by atoms with Gasteiger partial charge in [0.1, 0.15) is 18.0 Å². The monoisotopic (exact) mass is 457 g/mol. The van der Waals surface area contributed by atoms with Crippen LogP contribution in [-0.4, -0.2) is 35.9 Å². The molecule has 2 aromatic carbocycles. The number of carbonyl (C=O) groups excluding carboxylic acids is 3. The van der Waals surface area contributed by atoms with Crippen LogP contribution in [0, 0.1) is 6.92 Å². The van der Waals surface area contributed by atoms with Gasteiger partial charge in [-0.1, -0.05) is 18.2 Å². The van der Waals surface area contributed by atoms with Gasteiger partial charge in [-0.3, -0.25) is 9.59 Å². The number of benzene rings is 2. The Hall–Kier alpha value is -3.13. The van der Waals surface area contributed by atoms with Crippen LogP contribution in [-0.2, 0) is 9.59 Å². The number of hydrogen-bond acceptors (Lipinski definition) is 4. The molecule has 29 heavy (non-hydrogen) atoms. The number of aryl methyl sites for hydroxylation is 1. The van der Waals surface area contributed by atoms with Crippen LogP contribution in [0.4, 0.5) is 10.5 Å². The summed E-state index contributed by atoms with van der Waals surface area (Å²) in [6, 6.07) is 12.0. The molecule has 1 aliphatic rings. The standard InChI is InChI=1S/C21H20BrN3O4/c1-3-29-18-8-7-14(10-16(18)22)11-17-20(27)25(21(28)24-17)12-19(26)23-15-6-4-5-13(2)9-15/h4-11H,3,12H2,1-2H3,(H,23,26)(H,24,28)/b17-11+. The third-order valence-electron chi connectivity index (χ3n) is 4.13. The zero-order chi connectivity index (χ0) is 21.0. The van der Waals surface area contributed by atoms with Gasteiger partial charge >= 0.3 is 6.03 Å². The van der Waals surface area contributed by atoms with Crippen molar-refractivity contribution in [2.24, 2.45) is 0 Å². The van der Waals surface area contributed by atoms with Gasteiger partial charge in [0.05, 0.1) is 11.1 Å². The summed E-state index contributed by atoms with van der Waals surface area (Å²) in [7, 11) is 0. The molecule has 0 spiro atoms. The van der Waals surface area contributed by atoms with Crippen molar-refractivity contribution < 1.29 is 19.1 Å². The summed E-state index contributed by atoms with van der Waals surface area (Å²) < 4.78 is 6.20. The Morgan fingerprint density at radius 2 is 2.03 bits per heavy atom. The smallest absolute Gasteiger partial charge is 0.329 e. The molecule has 0 aliphatic carbocycles. The van der Waals surface area contributed by atoms with Crippen LogP contribution in [0.1, 0.15) is 18.1 Å². The molecule has 3 rings (SSSR count). The molecule has 0 aromatic heterocycles. The first kappa shape index (κ1) is 20.6. The normalized spacial score (nSPS) is 14.9. The van der Waals surface area contributed by atoms with Crippen LogP contribution in [0.2, 0.25) is 0 Å². The number of carbonyl (C=O) groups is 3. The van der Waals surface area contributed by atoms with E-state index in [2.05, 4.69) is 26.6 Å². The fourth-order valence-corrected chi connectivity index (χ4v) is 3.34. The number of rotatable bonds is 6. The summed E-state index contributed by atoms with van der Waals surface area (Å²) >= 11 is 3.42. The number of amides is 4. The minimum Gasteiger partial charge on any atom is -0.493 e. The van der Waals surface area contributed by atoms with Gasteiger partial charge in [0.25, 0.3) is 5.91 Å². The van der Waals surface area contributed by atoms with E-state index < -0.39 is 17.8 Å². The van der Waals surface area contributed by atoms with E-state index in [9.17, 15) is 14.4 Å². The van der Waals surface area contributed by atoms with Gasteiger partial charge in [0, 0.05) is 5.69 Å². The Bertz CT molecular complexity index is 1000. The molecule has 2 N–H and O–H groups in total. The van der Waals surface area contributed by atoms with Crippen molar-refractivity contribution >= 4 is 45.5 Å². The summed E-state index contributed by atoms with van der Waals surface area (Å²) in [6.45, 7) is 3.96. The summed E-state index contributed by atoms with van der Waals surface area (Å²) in [5.74, 6) is -0.325. The number of nitrogens with zero attached hydrogens (tertiary/aromatic N) is 1. The SMILES string of the molecule is CCOc1ccc(/C=C2/NC(=O)N(CC(=O)Nc3cccc(C)c3)C2=O)cc1Br. The van der Waals surface area contributed by atoms with Gasteiger partial charge < -0.3 is 15.4 Å². The third-order valence-corrected chi connectivity index (χ3v) is 4.75. The zero-order valence-corrected chi connectivity index (χ0v) is 17.6. The highest BCUT2D eigenvalue weighted by Gasteiger charge is 2.34. The van der Waals surface area contributed by atoms with Crippen molar-refractivity contribution in [2.45, 2.75) is 13.8 Å². The third kappa shape index (κ3) is 5.03. The fourth-order valence-electron chi connectivity index (χ4n) is 2.83. The first-order valence-electron chi connectivity index (χ1n) is 9.01. The molecule has 0 unspecified atom stereocenters. The maximum Gasteiger partial charge on any atom is 0.329 e. The van der Waals surface area contributed by atoms with Gasteiger partial charge in [-0.2, -0.15) is 0 Å². The Labute approximate surface area is 176 Å². The molecule has 4 amide bonds.